The van der Waals surface area contributed by atoms with Crippen LogP contribution >= 0.6 is 11.6 Å². The molecule has 1 atom stereocenters. The first kappa shape index (κ1) is 15.8. The zero-order valence-corrected chi connectivity index (χ0v) is 12.6. The number of likely N-dealkylation sites (tertiary alicyclic amines) is 1. The SMILES string of the molecule is CC(C(=O)Nc1cccc(Cl)c1)N1CCC(C(=O)O)CC1. The van der Waals surface area contributed by atoms with E-state index in [2.05, 4.69) is 5.32 Å². The summed E-state index contributed by atoms with van der Waals surface area (Å²) in [5, 5.41) is 12.4. The van der Waals surface area contributed by atoms with Gasteiger partial charge in [0.2, 0.25) is 5.91 Å². The van der Waals surface area contributed by atoms with Gasteiger partial charge in [0.05, 0.1) is 12.0 Å². The van der Waals surface area contributed by atoms with Crippen molar-refractivity contribution in [3.8, 4) is 0 Å². The minimum Gasteiger partial charge on any atom is -0.481 e. The second-order valence-corrected chi connectivity index (χ2v) is 5.76. The number of piperidine rings is 1. The standard InChI is InChI=1S/C15H19ClN2O3/c1-10(18-7-5-11(6-8-18)15(20)21)14(19)17-13-4-2-3-12(16)9-13/h2-4,9-11H,5-8H2,1H3,(H,17,19)(H,20,21). The summed E-state index contributed by atoms with van der Waals surface area (Å²) >= 11 is 5.88. The predicted molar refractivity (Wildman–Crippen MR) is 81.5 cm³/mol. The molecular weight excluding hydrogens is 292 g/mol. The zero-order chi connectivity index (χ0) is 15.4. The first-order valence-electron chi connectivity index (χ1n) is 7.00. The van der Waals surface area contributed by atoms with E-state index in [-0.39, 0.29) is 17.9 Å². The third-order valence-electron chi connectivity index (χ3n) is 3.90. The van der Waals surface area contributed by atoms with E-state index in [1.807, 2.05) is 11.8 Å². The number of carboxylic acid groups (broad SMARTS) is 1. The molecule has 6 heteroatoms. The van der Waals surface area contributed by atoms with Gasteiger partial charge in [-0.15, -0.1) is 0 Å². The van der Waals surface area contributed by atoms with Gasteiger partial charge in [-0.2, -0.15) is 0 Å². The van der Waals surface area contributed by atoms with Gasteiger partial charge in [-0.25, -0.2) is 0 Å². The highest BCUT2D eigenvalue weighted by atomic mass is 35.5. The third-order valence-corrected chi connectivity index (χ3v) is 4.13. The van der Waals surface area contributed by atoms with E-state index >= 15 is 0 Å². The van der Waals surface area contributed by atoms with Crippen LogP contribution in [-0.4, -0.2) is 41.0 Å². The molecule has 1 saturated heterocycles. The van der Waals surface area contributed by atoms with Crippen molar-refractivity contribution < 1.29 is 14.7 Å². The maximum absolute atomic E-state index is 12.2. The average molecular weight is 311 g/mol. The molecular formula is C15H19ClN2O3. The lowest BCUT2D eigenvalue weighted by Gasteiger charge is -2.33. The monoisotopic (exact) mass is 310 g/mol. The Kier molecular flexibility index (Phi) is 5.20. The number of amides is 1. The van der Waals surface area contributed by atoms with E-state index in [0.717, 1.165) is 0 Å². The van der Waals surface area contributed by atoms with Crippen LogP contribution in [0.1, 0.15) is 19.8 Å². The Balaban J connectivity index is 1.90. The van der Waals surface area contributed by atoms with Crippen molar-refractivity contribution in [3.63, 3.8) is 0 Å². The van der Waals surface area contributed by atoms with Crippen LogP contribution in [0.4, 0.5) is 5.69 Å². The number of carboxylic acids is 1. The summed E-state index contributed by atoms with van der Waals surface area (Å²) in [7, 11) is 0. The Bertz CT molecular complexity index is 527. The van der Waals surface area contributed by atoms with Crippen molar-refractivity contribution in [3.05, 3.63) is 29.3 Å². The molecule has 1 amide bonds. The van der Waals surface area contributed by atoms with E-state index in [9.17, 15) is 9.59 Å². The van der Waals surface area contributed by atoms with Crippen LogP contribution in [0.25, 0.3) is 0 Å². The van der Waals surface area contributed by atoms with E-state index in [4.69, 9.17) is 16.7 Å². The van der Waals surface area contributed by atoms with Crippen LogP contribution in [0.15, 0.2) is 24.3 Å². The number of rotatable bonds is 4. The van der Waals surface area contributed by atoms with Gasteiger partial charge in [-0.1, -0.05) is 17.7 Å². The fourth-order valence-corrected chi connectivity index (χ4v) is 2.70. The van der Waals surface area contributed by atoms with Crippen molar-refractivity contribution >= 4 is 29.2 Å². The molecule has 2 rings (SSSR count). The fraction of sp³-hybridized carbons (Fsp3) is 0.467. The maximum atomic E-state index is 12.2. The quantitative estimate of drug-likeness (QED) is 0.896. The zero-order valence-electron chi connectivity index (χ0n) is 11.9. The number of carbonyl (C=O) groups is 2. The van der Waals surface area contributed by atoms with E-state index in [1.54, 1.807) is 24.3 Å². The summed E-state index contributed by atoms with van der Waals surface area (Å²) in [5.41, 5.74) is 0.666. The highest BCUT2D eigenvalue weighted by Gasteiger charge is 2.29. The summed E-state index contributed by atoms with van der Waals surface area (Å²) in [5.74, 6) is -1.14. The summed E-state index contributed by atoms with van der Waals surface area (Å²) in [6.07, 6.45) is 1.17. The van der Waals surface area contributed by atoms with Crippen molar-refractivity contribution in [1.82, 2.24) is 4.90 Å². The van der Waals surface area contributed by atoms with Crippen LogP contribution in [0.2, 0.25) is 5.02 Å². The molecule has 1 aliphatic rings. The molecule has 0 aliphatic carbocycles. The minimum absolute atomic E-state index is 0.106. The number of hydrogen-bond donors (Lipinski definition) is 2. The molecule has 2 N–H and O–H groups in total. The summed E-state index contributed by atoms with van der Waals surface area (Å²) in [6, 6.07) is 6.72. The number of halogens is 1. The van der Waals surface area contributed by atoms with Crippen LogP contribution in [0.3, 0.4) is 0 Å². The highest BCUT2D eigenvalue weighted by molar-refractivity contribution is 6.30. The smallest absolute Gasteiger partial charge is 0.306 e. The molecule has 1 aliphatic heterocycles. The molecule has 0 radical (unpaired) electrons. The largest absolute Gasteiger partial charge is 0.481 e. The molecule has 114 valence electrons. The number of benzene rings is 1. The average Bonchev–Trinajstić information content (AvgIpc) is 2.46. The Hall–Kier alpha value is -1.59. The molecule has 5 nitrogen and oxygen atoms in total. The third kappa shape index (κ3) is 4.19. The predicted octanol–water partition coefficient (Wildman–Crippen LogP) is 2.46. The Morgan fingerprint density at radius 3 is 2.62 bits per heavy atom. The Morgan fingerprint density at radius 2 is 2.05 bits per heavy atom. The molecule has 0 saturated carbocycles. The van der Waals surface area contributed by atoms with Crippen LogP contribution in [0.5, 0.6) is 0 Å². The molecule has 0 bridgehead atoms. The molecule has 1 fully saturated rings. The van der Waals surface area contributed by atoms with Crippen molar-refractivity contribution in [2.75, 3.05) is 18.4 Å². The lowest BCUT2D eigenvalue weighted by atomic mass is 9.96. The van der Waals surface area contributed by atoms with E-state index in [0.29, 0.717) is 36.6 Å². The van der Waals surface area contributed by atoms with E-state index < -0.39 is 5.97 Å². The van der Waals surface area contributed by atoms with Gasteiger partial charge < -0.3 is 10.4 Å². The highest BCUT2D eigenvalue weighted by Crippen LogP contribution is 2.20. The second kappa shape index (κ2) is 6.91. The fourth-order valence-electron chi connectivity index (χ4n) is 2.51. The van der Waals surface area contributed by atoms with Crippen molar-refractivity contribution in [2.24, 2.45) is 5.92 Å². The lowest BCUT2D eigenvalue weighted by molar-refractivity contribution is -0.143. The normalized spacial score (nSPS) is 18.2. The van der Waals surface area contributed by atoms with Crippen molar-refractivity contribution in [1.29, 1.82) is 0 Å². The number of hydrogen-bond acceptors (Lipinski definition) is 3. The van der Waals surface area contributed by atoms with Crippen LogP contribution in [0, 0.1) is 5.92 Å². The molecule has 1 aromatic carbocycles. The van der Waals surface area contributed by atoms with Gasteiger partial charge in [0, 0.05) is 10.7 Å². The first-order valence-corrected chi connectivity index (χ1v) is 7.38. The van der Waals surface area contributed by atoms with Gasteiger partial charge in [0.15, 0.2) is 0 Å². The Morgan fingerprint density at radius 1 is 1.38 bits per heavy atom. The van der Waals surface area contributed by atoms with Gasteiger partial charge in [0.25, 0.3) is 0 Å². The second-order valence-electron chi connectivity index (χ2n) is 5.32. The topological polar surface area (TPSA) is 69.6 Å². The van der Waals surface area contributed by atoms with Gasteiger partial charge in [0.1, 0.15) is 0 Å². The number of anilines is 1. The molecule has 0 aromatic heterocycles. The number of nitrogens with one attached hydrogen (secondary N) is 1. The van der Waals surface area contributed by atoms with Gasteiger partial charge in [-0.3, -0.25) is 14.5 Å². The van der Waals surface area contributed by atoms with Gasteiger partial charge >= 0.3 is 5.97 Å². The summed E-state index contributed by atoms with van der Waals surface area (Å²) < 4.78 is 0. The number of aliphatic carboxylic acids is 1. The Labute approximate surface area is 128 Å². The number of nitrogens with zero attached hydrogens (tertiary/aromatic N) is 1. The number of carbonyl (C=O) groups excluding carboxylic acids is 1. The molecule has 0 spiro atoms. The van der Waals surface area contributed by atoms with Crippen LogP contribution < -0.4 is 5.32 Å². The molecule has 1 aromatic rings. The molecule has 21 heavy (non-hydrogen) atoms. The summed E-state index contributed by atoms with van der Waals surface area (Å²) in [6.45, 7) is 3.09. The molecule has 1 unspecified atom stereocenters. The van der Waals surface area contributed by atoms with Gasteiger partial charge in [-0.05, 0) is 51.1 Å². The van der Waals surface area contributed by atoms with E-state index in [1.165, 1.54) is 0 Å². The first-order chi connectivity index (χ1) is 9.97. The summed E-state index contributed by atoms with van der Waals surface area (Å²) in [4.78, 5) is 25.2. The van der Waals surface area contributed by atoms with Crippen molar-refractivity contribution in [2.45, 2.75) is 25.8 Å². The van der Waals surface area contributed by atoms with Crippen LogP contribution in [-0.2, 0) is 9.59 Å². The minimum atomic E-state index is -0.745. The lowest BCUT2D eigenvalue weighted by Crippen LogP contribution is -2.46. The maximum Gasteiger partial charge on any atom is 0.306 e. The molecule has 1 heterocycles.